The lowest BCUT2D eigenvalue weighted by Crippen LogP contribution is -2.50. The fourth-order valence-electron chi connectivity index (χ4n) is 2.93. The second kappa shape index (κ2) is 7.75. The maximum atomic E-state index is 12.6. The summed E-state index contributed by atoms with van der Waals surface area (Å²) in [5.74, 6) is 0.237. The van der Waals surface area contributed by atoms with Gasteiger partial charge in [0.2, 0.25) is 11.8 Å². The third-order valence-corrected chi connectivity index (χ3v) is 4.20. The van der Waals surface area contributed by atoms with E-state index in [-0.39, 0.29) is 17.9 Å². The van der Waals surface area contributed by atoms with Crippen molar-refractivity contribution in [3.8, 4) is 0 Å². The van der Waals surface area contributed by atoms with Crippen LogP contribution < -0.4 is 0 Å². The summed E-state index contributed by atoms with van der Waals surface area (Å²) < 4.78 is 5.57. The van der Waals surface area contributed by atoms with E-state index in [9.17, 15) is 9.59 Å². The topological polar surface area (TPSA) is 53.1 Å². The zero-order chi connectivity index (χ0) is 15.2. The van der Waals surface area contributed by atoms with Gasteiger partial charge >= 0.3 is 0 Å². The first-order valence-electron chi connectivity index (χ1n) is 7.90. The Labute approximate surface area is 127 Å². The third-order valence-electron chi connectivity index (χ3n) is 4.20. The smallest absolute Gasteiger partial charge is 0.245 e. The number of fused-ring (bicyclic) bond motifs is 1. The van der Waals surface area contributed by atoms with E-state index in [2.05, 4.69) is 4.90 Å². The van der Waals surface area contributed by atoms with Crippen molar-refractivity contribution in [1.29, 1.82) is 0 Å². The Morgan fingerprint density at radius 1 is 1.19 bits per heavy atom. The fourth-order valence-corrected chi connectivity index (χ4v) is 2.93. The average Bonchev–Trinajstić information content (AvgIpc) is 2.59. The number of piperidine rings is 1. The van der Waals surface area contributed by atoms with Gasteiger partial charge in [-0.2, -0.15) is 0 Å². The summed E-state index contributed by atoms with van der Waals surface area (Å²) in [6.07, 6.45) is 3.30. The summed E-state index contributed by atoms with van der Waals surface area (Å²) in [5.41, 5.74) is 0. The summed E-state index contributed by atoms with van der Waals surface area (Å²) in [6, 6.07) is -0.226. The van der Waals surface area contributed by atoms with Gasteiger partial charge in [-0.3, -0.25) is 9.59 Å². The number of likely N-dealkylation sites (N-methyl/N-ethyl adjacent to an activating group) is 1. The van der Waals surface area contributed by atoms with Crippen LogP contribution in [0, 0.1) is 0 Å². The molecule has 2 rings (SSSR count). The highest BCUT2D eigenvalue weighted by atomic mass is 16.5. The summed E-state index contributed by atoms with van der Waals surface area (Å²) >= 11 is 0. The van der Waals surface area contributed by atoms with Crippen LogP contribution in [0.3, 0.4) is 0 Å². The van der Waals surface area contributed by atoms with Crippen LogP contribution in [0.25, 0.3) is 0 Å². The standard InChI is InChI=1S/C15H27N3O3/c1-16(2)9-11-21-12-10-17-8-6-14(19)18-7-4-3-5-13(18)15(17)20/h13H,3-12H2,1-2H3. The summed E-state index contributed by atoms with van der Waals surface area (Å²) in [6.45, 7) is 3.95. The van der Waals surface area contributed by atoms with Gasteiger partial charge in [-0.05, 0) is 33.4 Å². The van der Waals surface area contributed by atoms with Crippen molar-refractivity contribution in [2.45, 2.75) is 31.7 Å². The first-order chi connectivity index (χ1) is 10.1. The highest BCUT2D eigenvalue weighted by molar-refractivity contribution is 5.90. The molecule has 2 saturated heterocycles. The Hall–Kier alpha value is -1.14. The molecule has 1 atom stereocenters. The summed E-state index contributed by atoms with van der Waals surface area (Å²) in [4.78, 5) is 30.3. The minimum Gasteiger partial charge on any atom is -0.378 e. The maximum absolute atomic E-state index is 12.6. The van der Waals surface area contributed by atoms with E-state index in [0.717, 1.165) is 32.4 Å². The molecule has 2 aliphatic heterocycles. The lowest BCUT2D eigenvalue weighted by atomic mass is 10.0. The van der Waals surface area contributed by atoms with Gasteiger partial charge < -0.3 is 19.4 Å². The van der Waals surface area contributed by atoms with Gasteiger partial charge in [0, 0.05) is 32.6 Å². The number of ether oxygens (including phenoxy) is 1. The zero-order valence-electron chi connectivity index (χ0n) is 13.2. The van der Waals surface area contributed by atoms with E-state index in [1.54, 1.807) is 4.90 Å². The second-order valence-electron chi connectivity index (χ2n) is 6.09. The van der Waals surface area contributed by atoms with Crippen molar-refractivity contribution in [3.63, 3.8) is 0 Å². The maximum Gasteiger partial charge on any atom is 0.245 e. The molecule has 0 spiro atoms. The van der Waals surface area contributed by atoms with Crippen molar-refractivity contribution in [3.05, 3.63) is 0 Å². The van der Waals surface area contributed by atoms with Crippen LogP contribution in [0.2, 0.25) is 0 Å². The van der Waals surface area contributed by atoms with Crippen molar-refractivity contribution >= 4 is 11.8 Å². The third kappa shape index (κ3) is 4.41. The van der Waals surface area contributed by atoms with Crippen molar-refractivity contribution in [2.24, 2.45) is 0 Å². The molecule has 2 aliphatic rings. The number of rotatable bonds is 6. The van der Waals surface area contributed by atoms with Gasteiger partial charge in [0.1, 0.15) is 6.04 Å². The first kappa shape index (κ1) is 16.2. The van der Waals surface area contributed by atoms with Crippen molar-refractivity contribution in [1.82, 2.24) is 14.7 Å². The van der Waals surface area contributed by atoms with E-state index >= 15 is 0 Å². The number of carbonyl (C=O) groups excluding carboxylic acids is 2. The molecule has 0 radical (unpaired) electrons. The molecule has 0 bridgehead atoms. The lowest BCUT2D eigenvalue weighted by molar-refractivity contribution is -0.143. The molecule has 0 aromatic carbocycles. The average molecular weight is 297 g/mol. The van der Waals surface area contributed by atoms with E-state index in [4.69, 9.17) is 4.74 Å². The second-order valence-corrected chi connectivity index (χ2v) is 6.09. The molecule has 6 heteroatoms. The van der Waals surface area contributed by atoms with E-state index in [1.807, 2.05) is 19.0 Å². The SMILES string of the molecule is CN(C)CCOCCN1CCC(=O)N2CCCCC2C1=O. The number of carbonyl (C=O) groups is 2. The Bertz CT molecular complexity index is 373. The molecule has 6 nitrogen and oxygen atoms in total. The zero-order valence-corrected chi connectivity index (χ0v) is 13.2. The van der Waals surface area contributed by atoms with Crippen LogP contribution in [0.5, 0.6) is 0 Å². The number of amides is 2. The molecule has 0 aliphatic carbocycles. The molecule has 120 valence electrons. The Morgan fingerprint density at radius 2 is 2.00 bits per heavy atom. The molecule has 21 heavy (non-hydrogen) atoms. The van der Waals surface area contributed by atoms with E-state index < -0.39 is 0 Å². The minimum atomic E-state index is -0.226. The van der Waals surface area contributed by atoms with Crippen molar-refractivity contribution in [2.75, 3.05) is 53.5 Å². The van der Waals surface area contributed by atoms with Crippen LogP contribution in [-0.4, -0.2) is 86.0 Å². The van der Waals surface area contributed by atoms with Crippen LogP contribution in [0.4, 0.5) is 0 Å². The van der Waals surface area contributed by atoms with Gasteiger partial charge in [-0.25, -0.2) is 0 Å². The molecule has 2 amide bonds. The Morgan fingerprint density at radius 3 is 2.76 bits per heavy atom. The van der Waals surface area contributed by atoms with Gasteiger partial charge in [-0.1, -0.05) is 0 Å². The quantitative estimate of drug-likeness (QED) is 0.656. The summed E-state index contributed by atoms with van der Waals surface area (Å²) in [7, 11) is 4.01. The van der Waals surface area contributed by atoms with Crippen LogP contribution in [0.1, 0.15) is 25.7 Å². The Kier molecular flexibility index (Phi) is 5.99. The van der Waals surface area contributed by atoms with Crippen molar-refractivity contribution < 1.29 is 14.3 Å². The van der Waals surface area contributed by atoms with Crippen LogP contribution in [-0.2, 0) is 14.3 Å². The molecule has 0 N–H and O–H groups in total. The molecule has 2 fully saturated rings. The monoisotopic (exact) mass is 297 g/mol. The predicted octanol–water partition coefficient (Wildman–Crippen LogP) is 0.178. The minimum absolute atomic E-state index is 0.108. The van der Waals surface area contributed by atoms with E-state index in [1.165, 1.54) is 0 Å². The van der Waals surface area contributed by atoms with Gasteiger partial charge in [0.05, 0.1) is 13.2 Å². The van der Waals surface area contributed by atoms with Gasteiger partial charge in [0.15, 0.2) is 0 Å². The normalized spacial score (nSPS) is 23.5. The number of nitrogens with zero attached hydrogens (tertiary/aromatic N) is 3. The molecule has 1 unspecified atom stereocenters. The fraction of sp³-hybridized carbons (Fsp3) is 0.867. The highest BCUT2D eigenvalue weighted by Crippen LogP contribution is 2.22. The first-order valence-corrected chi connectivity index (χ1v) is 7.90. The molecule has 0 aromatic heterocycles. The van der Waals surface area contributed by atoms with Crippen LogP contribution >= 0.6 is 0 Å². The van der Waals surface area contributed by atoms with Gasteiger partial charge in [-0.15, -0.1) is 0 Å². The molecular formula is C15H27N3O3. The Balaban J connectivity index is 1.82. The predicted molar refractivity (Wildman–Crippen MR) is 79.9 cm³/mol. The number of hydrogen-bond acceptors (Lipinski definition) is 4. The highest BCUT2D eigenvalue weighted by Gasteiger charge is 2.37. The molecular weight excluding hydrogens is 270 g/mol. The van der Waals surface area contributed by atoms with E-state index in [0.29, 0.717) is 32.7 Å². The molecule has 2 heterocycles. The molecule has 0 saturated carbocycles. The lowest BCUT2D eigenvalue weighted by Gasteiger charge is -2.34. The largest absolute Gasteiger partial charge is 0.378 e. The molecule has 0 aromatic rings. The number of hydrogen-bond donors (Lipinski definition) is 0. The summed E-state index contributed by atoms with van der Waals surface area (Å²) in [5, 5.41) is 0. The van der Waals surface area contributed by atoms with Crippen LogP contribution in [0.15, 0.2) is 0 Å². The van der Waals surface area contributed by atoms with Gasteiger partial charge in [0.25, 0.3) is 0 Å².